The number of phosphoric ester groups is 2. The Morgan fingerprint density at radius 2 is 0.935 bits per heavy atom. The Hall–Kier alpha value is -9.05. The van der Waals surface area contributed by atoms with E-state index in [-0.39, 0.29) is 58.0 Å². The lowest BCUT2D eigenvalue weighted by Gasteiger charge is -2.38. The molecule has 6 heterocycles. The largest absolute Gasteiger partial charge is 0.493 e. The number of pyridine rings is 2. The van der Waals surface area contributed by atoms with Gasteiger partial charge in [-0.2, -0.15) is 9.97 Å². The van der Waals surface area contributed by atoms with Crippen molar-refractivity contribution in [2.75, 3.05) is 87.1 Å². The summed E-state index contributed by atoms with van der Waals surface area (Å²) in [7, 11) is -1.40. The summed E-state index contributed by atoms with van der Waals surface area (Å²) >= 11 is 0. The second-order valence-corrected chi connectivity index (χ2v) is 24.5. The molecule has 33 nitrogen and oxygen atoms in total. The number of methoxy groups -OCH3 is 6. The number of hydrogen-bond donors (Lipinski definition) is 7. The van der Waals surface area contributed by atoms with Crippen LogP contribution in [-0.4, -0.2) is 146 Å². The Bertz CT molecular complexity index is 3910. The summed E-state index contributed by atoms with van der Waals surface area (Å²) in [5.41, 5.74) is -4.61. The van der Waals surface area contributed by atoms with Crippen molar-refractivity contribution in [3.63, 3.8) is 0 Å². The number of amides is 2. The average molecular weight is 1360 g/mol. The molecule has 2 aliphatic heterocycles. The highest BCUT2D eigenvalue weighted by Gasteiger charge is 2.46. The third-order valence-electron chi connectivity index (χ3n) is 11.4. The number of hydrogen-bond acceptors (Lipinski definition) is 27. The van der Waals surface area contributed by atoms with E-state index in [1.165, 1.54) is 94.6 Å². The van der Waals surface area contributed by atoms with Crippen molar-refractivity contribution in [1.29, 1.82) is 0 Å². The Morgan fingerprint density at radius 1 is 0.602 bits per heavy atom. The van der Waals surface area contributed by atoms with Crippen molar-refractivity contribution in [3.8, 4) is 46.0 Å². The molecule has 0 aliphatic carbocycles. The van der Waals surface area contributed by atoms with Gasteiger partial charge >= 0.3 is 15.6 Å². The van der Waals surface area contributed by atoms with Crippen LogP contribution in [0.25, 0.3) is 0 Å². The van der Waals surface area contributed by atoms with Crippen LogP contribution in [0.5, 0.6) is 46.0 Å². The molecule has 0 unspecified atom stereocenters. The van der Waals surface area contributed by atoms with Crippen LogP contribution in [0.3, 0.4) is 0 Å². The van der Waals surface area contributed by atoms with E-state index >= 15 is 4.39 Å². The van der Waals surface area contributed by atoms with Crippen LogP contribution in [0.15, 0.2) is 60.9 Å². The molecular formula is C56H74F2N12O21P2. The molecule has 0 bridgehead atoms. The summed E-state index contributed by atoms with van der Waals surface area (Å²) in [5, 5.41) is 18.6. The first kappa shape index (κ1) is 68.3. The molecule has 0 atom stereocenters. The standard InChI is InChI=1S/C31H42FN6O9P.C23H26FN6O9P.C2H4O2.H2O/c1-29(2,3)46-48(40,47-30(4,5)6)44-17-38-26-20(45-31(7,8)27(38)39)12-13-23(36-26)35-25-19(32)16-33-28(37-25)34-18-14-21(41-9)24(43-11)22(15-18)42-10;1-23(2)21(31)30(11-38-40(32,33)34)20-14(39-23)6-7-17(28-20)27-19-13(24)10-25-22(29-19)26-12-8-15(35-3)18(37-5)16(9-12)36-4;1-2(3)4;/h12-16H,17H2,1-11H3,(H2,33,34,35,36,37);6-10H,11H2,1-5H3,(H2,32,33,34)(H2,25,26,27,28,29);1H3,(H,3,4);1H2/i17D2;11D2;;. The Morgan fingerprint density at radius 3 is 1.24 bits per heavy atom. The van der Waals surface area contributed by atoms with Gasteiger partial charge in [0.15, 0.2) is 80.6 Å². The topological polar surface area (TPSA) is 420 Å². The minimum atomic E-state index is -5.41. The van der Waals surface area contributed by atoms with Crippen LogP contribution in [0, 0.1) is 11.6 Å². The highest BCUT2D eigenvalue weighted by molar-refractivity contribution is 7.48. The zero-order valence-electron chi connectivity index (χ0n) is 57.3. The maximum atomic E-state index is 15.0. The maximum absolute atomic E-state index is 15.0. The van der Waals surface area contributed by atoms with E-state index in [2.05, 4.69) is 55.7 Å². The van der Waals surface area contributed by atoms with Crippen LogP contribution in [-0.2, 0) is 41.6 Å². The summed E-state index contributed by atoms with van der Waals surface area (Å²) in [6.07, 6.45) is 1.80. The molecule has 2 aliphatic rings. The second kappa shape index (κ2) is 30.1. The number of carboxylic acid groups (broad SMARTS) is 1. The van der Waals surface area contributed by atoms with Gasteiger partial charge < -0.3 is 79.5 Å². The summed E-state index contributed by atoms with van der Waals surface area (Å²) in [5.74, 6) is -4.45. The number of ether oxygens (including phenoxy) is 8. The van der Waals surface area contributed by atoms with Crippen LogP contribution < -0.4 is 69.0 Å². The molecule has 0 radical (unpaired) electrons. The number of benzene rings is 2. The predicted octanol–water partition coefficient (Wildman–Crippen LogP) is 9.10. The molecule has 2 aromatic carbocycles. The Labute approximate surface area is 538 Å². The normalized spacial score (nSPS) is 14.8. The number of carboxylic acids is 1. The molecule has 9 N–H and O–H groups in total. The number of fused-ring (bicyclic) bond motifs is 2. The number of nitrogens with one attached hydrogen (secondary N) is 4. The molecule has 0 saturated heterocycles. The van der Waals surface area contributed by atoms with E-state index in [1.807, 2.05) is 0 Å². The lowest BCUT2D eigenvalue weighted by Crippen LogP contribution is -2.53. The van der Waals surface area contributed by atoms with Crippen LogP contribution in [0.2, 0.25) is 0 Å². The fraction of sp³-hybridized carbons (Fsp3) is 0.411. The molecular weight excluding hydrogens is 1280 g/mol. The fourth-order valence-electron chi connectivity index (χ4n) is 7.78. The van der Waals surface area contributed by atoms with Crippen molar-refractivity contribution in [3.05, 3.63) is 72.6 Å². The molecule has 508 valence electrons. The van der Waals surface area contributed by atoms with Crippen LogP contribution >= 0.6 is 15.6 Å². The molecule has 0 fully saturated rings. The van der Waals surface area contributed by atoms with Crippen molar-refractivity contribution in [2.45, 2.75) is 98.6 Å². The third kappa shape index (κ3) is 20.0. The van der Waals surface area contributed by atoms with Crippen LogP contribution in [0.1, 0.15) is 81.6 Å². The quantitative estimate of drug-likeness (QED) is 0.0311. The summed E-state index contributed by atoms with van der Waals surface area (Å²) in [6, 6.07) is 11.8. The molecule has 0 saturated carbocycles. The lowest BCUT2D eigenvalue weighted by atomic mass is 10.1. The SMILES string of the molecule is CC(=O)O.O.[2H]C([2H])(OP(=O)(O)O)N1C(=O)C(C)(C)Oc2ccc(Nc3nc(Nc4cc(OC)c(OC)c(OC)c4)ncc3F)nc21.[2H]C([2H])(OP(=O)(OC(C)(C)C)OC(C)(C)C)N1C(=O)C(C)(C)Oc2ccc(Nc3nc(Nc4cc(OC)c(OC)c(OC)c4)ncc3F)nc21. The number of aromatic nitrogens is 6. The average Bonchev–Trinajstić information content (AvgIpc) is 0.744. The van der Waals surface area contributed by atoms with Gasteiger partial charge in [0.05, 0.1) is 71.7 Å². The van der Waals surface area contributed by atoms with Crippen molar-refractivity contribution < 1.29 is 114 Å². The van der Waals surface area contributed by atoms with Crippen molar-refractivity contribution in [2.24, 2.45) is 0 Å². The minimum absolute atomic E-state index is 0. The smallest absolute Gasteiger partial charge is 0.477 e. The Balaban J connectivity index is 0.000000333. The van der Waals surface area contributed by atoms with E-state index in [1.54, 1.807) is 65.8 Å². The van der Waals surface area contributed by atoms with Gasteiger partial charge in [0, 0.05) is 42.6 Å². The molecule has 6 aromatic rings. The minimum Gasteiger partial charge on any atom is -0.493 e. The molecule has 4 aromatic heterocycles. The third-order valence-corrected chi connectivity index (χ3v) is 13.5. The predicted molar refractivity (Wildman–Crippen MR) is 332 cm³/mol. The number of carbonyl (C=O) groups is 3. The zero-order chi connectivity index (χ0) is 72.1. The summed E-state index contributed by atoms with van der Waals surface area (Å²) < 4.78 is 153. The van der Waals surface area contributed by atoms with Gasteiger partial charge in [0.1, 0.15) is 25.0 Å². The molecule has 0 spiro atoms. The number of aliphatic carboxylic acids is 1. The lowest BCUT2D eigenvalue weighted by molar-refractivity contribution is -0.135. The molecule has 37 heteroatoms. The first-order valence-corrected chi connectivity index (χ1v) is 29.8. The van der Waals surface area contributed by atoms with Gasteiger partial charge in [-0.15, -0.1) is 0 Å². The second-order valence-electron chi connectivity index (χ2n) is 21.9. The van der Waals surface area contributed by atoms with Gasteiger partial charge in [-0.25, -0.2) is 37.8 Å². The van der Waals surface area contributed by atoms with Crippen molar-refractivity contribution >= 4 is 91.6 Å². The van der Waals surface area contributed by atoms with E-state index < -0.39 is 86.7 Å². The van der Waals surface area contributed by atoms with E-state index in [0.717, 1.165) is 19.3 Å². The number of phosphoric acid groups is 2. The number of halogens is 2. The maximum Gasteiger partial charge on any atom is 0.477 e. The zero-order valence-corrected chi connectivity index (χ0v) is 55.1. The Kier molecular flexibility index (Phi) is 22.1. The van der Waals surface area contributed by atoms with Crippen molar-refractivity contribution in [1.82, 2.24) is 29.9 Å². The fourth-order valence-corrected chi connectivity index (χ4v) is 9.60. The van der Waals surface area contributed by atoms with E-state index in [9.17, 15) is 32.9 Å². The highest BCUT2D eigenvalue weighted by atomic mass is 31.2. The monoisotopic (exact) mass is 1350 g/mol. The summed E-state index contributed by atoms with van der Waals surface area (Å²) in [4.78, 5) is 79.8. The first-order chi connectivity index (χ1) is 44.3. The molecule has 93 heavy (non-hydrogen) atoms. The number of anilines is 10. The number of rotatable bonds is 22. The highest BCUT2D eigenvalue weighted by Crippen LogP contribution is 2.56. The van der Waals surface area contributed by atoms with Gasteiger partial charge in [-0.1, -0.05) is 0 Å². The van der Waals surface area contributed by atoms with Gasteiger partial charge in [-0.05, 0) is 93.5 Å². The van der Waals surface area contributed by atoms with Gasteiger partial charge in [0.2, 0.25) is 23.4 Å². The summed E-state index contributed by atoms with van der Waals surface area (Å²) in [6.45, 7) is 9.55. The van der Waals surface area contributed by atoms with E-state index in [4.69, 9.17) is 66.9 Å². The molecule has 8 rings (SSSR count). The van der Waals surface area contributed by atoms with Gasteiger partial charge in [0.25, 0.3) is 17.8 Å². The number of carbonyl (C=O) groups excluding carboxylic acids is 2. The van der Waals surface area contributed by atoms with E-state index in [0.29, 0.717) is 55.7 Å². The first-order valence-electron chi connectivity index (χ1n) is 28.8. The van der Waals surface area contributed by atoms with Crippen LogP contribution in [0.4, 0.5) is 67.0 Å². The van der Waals surface area contributed by atoms with Gasteiger partial charge in [-0.3, -0.25) is 42.3 Å². The molecule has 2 amide bonds. The number of nitrogens with zero attached hydrogens (tertiary/aromatic N) is 8.